The van der Waals surface area contributed by atoms with Crippen molar-refractivity contribution in [3.63, 3.8) is 0 Å². The first-order chi connectivity index (χ1) is 9.79. The average molecular weight is 268 g/mol. The van der Waals surface area contributed by atoms with E-state index >= 15 is 0 Å². The first-order valence-corrected chi connectivity index (χ1v) is 7.53. The van der Waals surface area contributed by atoms with Gasteiger partial charge in [0.1, 0.15) is 0 Å². The first-order valence-electron chi connectivity index (χ1n) is 7.53. The Kier molecular flexibility index (Phi) is 5.82. The van der Waals surface area contributed by atoms with Gasteiger partial charge in [-0.1, -0.05) is 61.5 Å². The summed E-state index contributed by atoms with van der Waals surface area (Å²) in [4.78, 5) is 0. The van der Waals surface area contributed by atoms with Crippen LogP contribution in [0.1, 0.15) is 42.4 Å². The summed E-state index contributed by atoms with van der Waals surface area (Å²) in [5.74, 6) is 0.238. The van der Waals surface area contributed by atoms with Crippen LogP contribution in [0.2, 0.25) is 0 Å². The van der Waals surface area contributed by atoms with Crippen molar-refractivity contribution in [1.29, 1.82) is 0 Å². The number of rotatable bonds is 7. The zero-order valence-electron chi connectivity index (χ0n) is 12.3. The molecule has 1 nitrogen and oxygen atoms in total. The average Bonchev–Trinajstić information content (AvgIpc) is 2.52. The minimum Gasteiger partial charge on any atom is -0.396 e. The largest absolute Gasteiger partial charge is 0.396 e. The third kappa shape index (κ3) is 4.50. The molecule has 0 spiro atoms. The molecule has 106 valence electrons. The molecule has 2 aromatic carbocycles. The Labute approximate surface area is 122 Å². The quantitative estimate of drug-likeness (QED) is 0.740. The Hall–Kier alpha value is -1.60. The molecule has 1 unspecified atom stereocenters. The molecule has 0 bridgehead atoms. The minimum absolute atomic E-state index is 0.219. The number of aryl methyl sites for hydroxylation is 2. The van der Waals surface area contributed by atoms with E-state index in [-0.39, 0.29) is 12.5 Å². The summed E-state index contributed by atoms with van der Waals surface area (Å²) in [5, 5.41) is 9.14. The molecule has 0 fully saturated rings. The van der Waals surface area contributed by atoms with Crippen LogP contribution in [0.4, 0.5) is 0 Å². The van der Waals surface area contributed by atoms with E-state index in [4.69, 9.17) is 5.11 Å². The highest BCUT2D eigenvalue weighted by Crippen LogP contribution is 2.16. The predicted molar refractivity (Wildman–Crippen MR) is 85.0 cm³/mol. The minimum atomic E-state index is 0.219. The molecule has 0 saturated heterocycles. The molecule has 2 aromatic rings. The third-order valence-corrected chi connectivity index (χ3v) is 3.85. The van der Waals surface area contributed by atoms with E-state index in [1.54, 1.807) is 0 Å². The van der Waals surface area contributed by atoms with Gasteiger partial charge in [0, 0.05) is 12.5 Å². The fraction of sp³-hybridized carbons (Fsp3) is 0.368. The van der Waals surface area contributed by atoms with Crippen molar-refractivity contribution in [2.24, 2.45) is 0 Å². The van der Waals surface area contributed by atoms with E-state index in [2.05, 4.69) is 61.5 Å². The summed E-state index contributed by atoms with van der Waals surface area (Å²) in [7, 11) is 0. The fourth-order valence-electron chi connectivity index (χ4n) is 2.42. The van der Waals surface area contributed by atoms with E-state index in [1.165, 1.54) is 36.0 Å². The first kappa shape index (κ1) is 14.8. The zero-order valence-corrected chi connectivity index (χ0v) is 12.3. The molecule has 0 saturated carbocycles. The number of aliphatic hydroxyl groups is 1. The monoisotopic (exact) mass is 268 g/mol. The van der Waals surface area contributed by atoms with Crippen LogP contribution in [0, 0.1) is 0 Å². The van der Waals surface area contributed by atoms with Crippen molar-refractivity contribution in [2.75, 3.05) is 6.61 Å². The molecule has 1 heteroatoms. The van der Waals surface area contributed by atoms with E-state index < -0.39 is 0 Å². The number of unbranched alkanes of at least 4 members (excludes halogenated alkanes) is 1. The van der Waals surface area contributed by atoms with Gasteiger partial charge in [0.15, 0.2) is 0 Å². The van der Waals surface area contributed by atoms with Gasteiger partial charge in [-0.3, -0.25) is 0 Å². The molecule has 0 aromatic heterocycles. The van der Waals surface area contributed by atoms with Crippen molar-refractivity contribution in [2.45, 2.75) is 38.5 Å². The number of hydrogen-bond acceptors (Lipinski definition) is 1. The summed E-state index contributed by atoms with van der Waals surface area (Å²) in [6, 6.07) is 19.4. The maximum absolute atomic E-state index is 9.14. The third-order valence-electron chi connectivity index (χ3n) is 3.85. The van der Waals surface area contributed by atoms with Gasteiger partial charge in [-0.15, -0.1) is 0 Å². The maximum atomic E-state index is 9.14. The second kappa shape index (κ2) is 7.86. The van der Waals surface area contributed by atoms with Gasteiger partial charge in [0.05, 0.1) is 0 Å². The molecular weight excluding hydrogens is 244 g/mol. The summed E-state index contributed by atoms with van der Waals surface area (Å²) >= 11 is 0. The van der Waals surface area contributed by atoms with Gasteiger partial charge in [-0.2, -0.15) is 0 Å². The van der Waals surface area contributed by atoms with Crippen LogP contribution >= 0.6 is 0 Å². The van der Waals surface area contributed by atoms with Crippen LogP contribution in [0.15, 0.2) is 54.6 Å². The summed E-state index contributed by atoms with van der Waals surface area (Å²) in [6.45, 7) is 2.27. The molecule has 2 rings (SSSR count). The smallest absolute Gasteiger partial charge is 0.0497 e. The van der Waals surface area contributed by atoms with E-state index in [1.807, 2.05) is 0 Å². The highest BCUT2D eigenvalue weighted by molar-refractivity contribution is 5.25. The van der Waals surface area contributed by atoms with E-state index in [0.29, 0.717) is 0 Å². The molecule has 0 aliphatic rings. The lowest BCUT2D eigenvalue weighted by molar-refractivity contribution is 0.273. The van der Waals surface area contributed by atoms with Crippen molar-refractivity contribution in [3.8, 4) is 0 Å². The van der Waals surface area contributed by atoms with Gasteiger partial charge < -0.3 is 5.11 Å². The molecule has 0 amide bonds. The zero-order chi connectivity index (χ0) is 14.2. The van der Waals surface area contributed by atoms with Crippen LogP contribution in [-0.4, -0.2) is 11.7 Å². The Balaban J connectivity index is 1.74. The second-order valence-corrected chi connectivity index (χ2v) is 5.52. The Bertz CT molecular complexity index is 487. The van der Waals surface area contributed by atoms with Crippen molar-refractivity contribution < 1.29 is 5.11 Å². The van der Waals surface area contributed by atoms with Crippen LogP contribution in [-0.2, 0) is 12.8 Å². The Morgan fingerprint density at radius 3 is 1.90 bits per heavy atom. The number of benzene rings is 2. The summed E-state index contributed by atoms with van der Waals surface area (Å²) < 4.78 is 0. The van der Waals surface area contributed by atoms with E-state index in [9.17, 15) is 0 Å². The lowest BCUT2D eigenvalue weighted by Gasteiger charge is -2.09. The summed E-state index contributed by atoms with van der Waals surface area (Å²) in [6.07, 6.45) is 4.77. The Morgan fingerprint density at radius 2 is 1.35 bits per heavy atom. The lowest BCUT2D eigenvalue weighted by Crippen LogP contribution is -1.98. The van der Waals surface area contributed by atoms with E-state index in [0.717, 1.165) is 6.42 Å². The fourth-order valence-corrected chi connectivity index (χ4v) is 2.42. The SMILES string of the molecule is CC(CO)c1ccc(CCCCc2ccccc2)cc1. The molecule has 20 heavy (non-hydrogen) atoms. The molecule has 0 aliphatic carbocycles. The van der Waals surface area contributed by atoms with Gasteiger partial charge in [0.2, 0.25) is 0 Å². The molecule has 0 aliphatic heterocycles. The van der Waals surface area contributed by atoms with Crippen LogP contribution in [0.25, 0.3) is 0 Å². The second-order valence-electron chi connectivity index (χ2n) is 5.52. The topological polar surface area (TPSA) is 20.2 Å². The molecule has 1 atom stereocenters. The van der Waals surface area contributed by atoms with Crippen LogP contribution in [0.3, 0.4) is 0 Å². The van der Waals surface area contributed by atoms with Gasteiger partial charge >= 0.3 is 0 Å². The standard InChI is InChI=1S/C19H24O/c1-16(15-20)19-13-11-18(12-14-19)10-6-5-9-17-7-3-2-4-8-17/h2-4,7-8,11-14,16,20H,5-6,9-10,15H2,1H3. The highest BCUT2D eigenvalue weighted by atomic mass is 16.3. The normalized spacial score (nSPS) is 12.3. The van der Waals surface area contributed by atoms with Crippen molar-refractivity contribution in [1.82, 2.24) is 0 Å². The van der Waals surface area contributed by atoms with Crippen molar-refractivity contribution in [3.05, 3.63) is 71.3 Å². The van der Waals surface area contributed by atoms with Crippen LogP contribution in [0.5, 0.6) is 0 Å². The predicted octanol–water partition coefficient (Wildman–Crippen LogP) is 4.35. The van der Waals surface area contributed by atoms with Crippen molar-refractivity contribution >= 4 is 0 Å². The molecule has 0 heterocycles. The van der Waals surface area contributed by atoms with Gasteiger partial charge in [-0.25, -0.2) is 0 Å². The van der Waals surface area contributed by atoms with Gasteiger partial charge in [-0.05, 0) is 42.4 Å². The highest BCUT2D eigenvalue weighted by Gasteiger charge is 2.03. The molecular formula is C19H24O. The number of hydrogen-bond donors (Lipinski definition) is 1. The molecule has 0 radical (unpaired) electrons. The maximum Gasteiger partial charge on any atom is 0.0497 e. The number of aliphatic hydroxyl groups excluding tert-OH is 1. The Morgan fingerprint density at radius 1 is 0.800 bits per heavy atom. The lowest BCUT2D eigenvalue weighted by atomic mass is 9.98. The van der Waals surface area contributed by atoms with Crippen LogP contribution < -0.4 is 0 Å². The summed E-state index contributed by atoms with van der Waals surface area (Å²) in [5.41, 5.74) is 4.05. The van der Waals surface area contributed by atoms with Gasteiger partial charge in [0.25, 0.3) is 0 Å². The molecule has 1 N–H and O–H groups in total.